The Kier molecular flexibility index (Phi) is 8.19. The van der Waals surface area contributed by atoms with Crippen LogP contribution in [0.3, 0.4) is 0 Å². The summed E-state index contributed by atoms with van der Waals surface area (Å²) in [5.41, 5.74) is 4.37. The molecule has 6 aromatic rings. The first kappa shape index (κ1) is 30.1. The minimum Gasteiger partial charge on any atom is -0.490 e. The van der Waals surface area contributed by atoms with Gasteiger partial charge in [0.1, 0.15) is 19.0 Å². The number of nitrogens with zero attached hydrogens (tertiary/aromatic N) is 3. The van der Waals surface area contributed by atoms with E-state index in [0.717, 1.165) is 40.7 Å². The van der Waals surface area contributed by atoms with E-state index in [9.17, 15) is 4.79 Å². The monoisotopic (exact) mass is 601 g/mol. The lowest BCUT2D eigenvalue weighted by atomic mass is 9.73. The van der Waals surface area contributed by atoms with Crippen LogP contribution in [0.1, 0.15) is 47.5 Å². The van der Waals surface area contributed by atoms with E-state index in [1.165, 1.54) is 10.8 Å². The van der Waals surface area contributed by atoms with Crippen LogP contribution in [-0.2, 0) is 9.53 Å². The number of para-hydroxylation sites is 2. The topological polar surface area (TPSA) is 79.4 Å². The van der Waals surface area contributed by atoms with Crippen LogP contribution in [0, 0.1) is 10.8 Å². The molecule has 0 N–H and O–H groups in total. The van der Waals surface area contributed by atoms with Crippen LogP contribution in [0.2, 0.25) is 0 Å². The Balaban J connectivity index is 1.16. The zero-order chi connectivity index (χ0) is 31.6. The molecule has 0 saturated heterocycles. The van der Waals surface area contributed by atoms with E-state index in [1.54, 1.807) is 0 Å². The van der Waals surface area contributed by atoms with E-state index in [-0.39, 0.29) is 24.6 Å². The van der Waals surface area contributed by atoms with Crippen molar-refractivity contribution in [2.24, 2.45) is 10.8 Å². The number of aromatic nitrogens is 3. The van der Waals surface area contributed by atoms with Crippen molar-refractivity contribution in [1.29, 1.82) is 0 Å². The van der Waals surface area contributed by atoms with Gasteiger partial charge in [0.15, 0.2) is 0 Å². The molecule has 1 unspecified atom stereocenters. The van der Waals surface area contributed by atoms with Gasteiger partial charge in [-0.05, 0) is 73.7 Å². The van der Waals surface area contributed by atoms with Crippen LogP contribution < -0.4 is 4.74 Å². The van der Waals surface area contributed by atoms with Crippen molar-refractivity contribution in [3.05, 3.63) is 97.1 Å². The quantitative estimate of drug-likeness (QED) is 0.115. The number of rotatable bonds is 10. The smallest absolute Gasteiger partial charge is 0.311 e. The first-order chi connectivity index (χ1) is 21.6. The molecule has 0 saturated carbocycles. The van der Waals surface area contributed by atoms with Crippen molar-refractivity contribution in [3.8, 4) is 34.3 Å². The molecule has 0 radical (unpaired) electrons. The number of esters is 1. The summed E-state index contributed by atoms with van der Waals surface area (Å²) in [5.74, 6) is 1.27. The Morgan fingerprint density at radius 3 is 1.98 bits per heavy atom. The molecule has 45 heavy (non-hydrogen) atoms. The van der Waals surface area contributed by atoms with Crippen LogP contribution in [0.15, 0.2) is 101 Å². The fraction of sp³-hybridized carbons (Fsp3) is 0.289. The molecule has 2 aromatic heterocycles. The van der Waals surface area contributed by atoms with Gasteiger partial charge in [-0.15, -0.1) is 10.2 Å². The third kappa shape index (κ3) is 6.34. The summed E-state index contributed by atoms with van der Waals surface area (Å²) >= 11 is 0. The summed E-state index contributed by atoms with van der Waals surface area (Å²) in [6.07, 6.45) is 1.48. The molecule has 0 aliphatic rings. The van der Waals surface area contributed by atoms with Crippen molar-refractivity contribution < 1.29 is 18.7 Å². The first-order valence-electron chi connectivity index (χ1n) is 15.5. The lowest BCUT2D eigenvalue weighted by Gasteiger charge is -2.32. The maximum Gasteiger partial charge on any atom is 0.311 e. The molecule has 7 heteroatoms. The van der Waals surface area contributed by atoms with Crippen molar-refractivity contribution in [1.82, 2.24) is 14.8 Å². The Bertz CT molecular complexity index is 1910. The van der Waals surface area contributed by atoms with Crippen molar-refractivity contribution in [2.45, 2.75) is 47.5 Å². The highest BCUT2D eigenvalue weighted by atomic mass is 16.6. The van der Waals surface area contributed by atoms with E-state index in [0.29, 0.717) is 17.5 Å². The standard InChI is InChI=1S/C38H39N3O4/c1-6-38(5,25-37(2,3)4)36(42)44-22-21-43-29-16-12-14-27(24-29)35-40-39-34(45-35)26-13-11-15-28(23-26)41-32-19-9-7-17-30(32)31-18-8-10-20-33(31)41/h7-20,23-24H,6,21-22,25H2,1-5H3. The normalized spacial score (nSPS) is 13.2. The third-order valence-electron chi connectivity index (χ3n) is 8.22. The van der Waals surface area contributed by atoms with Gasteiger partial charge in [0.25, 0.3) is 0 Å². The lowest BCUT2D eigenvalue weighted by molar-refractivity contribution is -0.157. The predicted molar refractivity (Wildman–Crippen MR) is 178 cm³/mol. The summed E-state index contributed by atoms with van der Waals surface area (Å²) in [6, 6.07) is 32.5. The number of carbonyl (C=O) groups excluding carboxylic acids is 1. The van der Waals surface area contributed by atoms with Gasteiger partial charge in [-0.25, -0.2) is 0 Å². The second-order valence-corrected chi connectivity index (χ2v) is 13.0. The van der Waals surface area contributed by atoms with Crippen molar-refractivity contribution >= 4 is 27.8 Å². The van der Waals surface area contributed by atoms with E-state index >= 15 is 0 Å². The summed E-state index contributed by atoms with van der Waals surface area (Å²) in [5, 5.41) is 11.1. The molecule has 6 rings (SSSR count). The minimum absolute atomic E-state index is 0.0322. The fourth-order valence-corrected chi connectivity index (χ4v) is 6.13. The first-order valence-corrected chi connectivity index (χ1v) is 15.5. The SMILES string of the molecule is CCC(C)(CC(C)(C)C)C(=O)OCCOc1cccc(-c2nnc(-c3cccc(-n4c5ccccc5c5ccccc54)c3)o2)c1. The van der Waals surface area contributed by atoms with Crippen LogP contribution >= 0.6 is 0 Å². The Labute approximate surface area is 263 Å². The van der Waals surface area contributed by atoms with Gasteiger partial charge in [0, 0.05) is 27.6 Å². The summed E-state index contributed by atoms with van der Waals surface area (Å²) in [6.45, 7) is 10.8. The Hall–Kier alpha value is -4.91. The molecule has 4 aromatic carbocycles. The van der Waals surface area contributed by atoms with Crippen LogP contribution in [-0.4, -0.2) is 33.9 Å². The number of benzene rings is 4. The number of hydrogen-bond acceptors (Lipinski definition) is 6. The second-order valence-electron chi connectivity index (χ2n) is 13.0. The average molecular weight is 602 g/mol. The minimum atomic E-state index is -0.517. The molecular formula is C38H39N3O4. The Morgan fingerprint density at radius 2 is 1.36 bits per heavy atom. The second kappa shape index (κ2) is 12.2. The van der Waals surface area contributed by atoms with Crippen LogP contribution in [0.25, 0.3) is 50.4 Å². The van der Waals surface area contributed by atoms with Crippen LogP contribution in [0.5, 0.6) is 5.75 Å². The zero-order valence-corrected chi connectivity index (χ0v) is 26.5. The highest BCUT2D eigenvalue weighted by Crippen LogP contribution is 2.37. The maximum atomic E-state index is 12.8. The molecule has 0 fully saturated rings. The maximum absolute atomic E-state index is 12.8. The number of ether oxygens (including phenoxy) is 2. The predicted octanol–water partition coefficient (Wildman–Crippen LogP) is 9.28. The van der Waals surface area contributed by atoms with Gasteiger partial charge >= 0.3 is 5.97 Å². The van der Waals surface area contributed by atoms with Gasteiger partial charge in [0.2, 0.25) is 11.8 Å². The molecule has 0 spiro atoms. The van der Waals surface area contributed by atoms with E-state index in [4.69, 9.17) is 13.9 Å². The highest BCUT2D eigenvalue weighted by molar-refractivity contribution is 6.09. The summed E-state index contributed by atoms with van der Waals surface area (Å²) in [4.78, 5) is 12.8. The van der Waals surface area contributed by atoms with E-state index in [1.807, 2.05) is 50.2 Å². The molecule has 2 heterocycles. The molecule has 0 aliphatic heterocycles. The number of hydrogen-bond donors (Lipinski definition) is 0. The van der Waals surface area contributed by atoms with Crippen LogP contribution in [0.4, 0.5) is 0 Å². The number of fused-ring (bicyclic) bond motifs is 3. The lowest BCUT2D eigenvalue weighted by Crippen LogP contribution is -2.34. The molecule has 1 atom stereocenters. The van der Waals surface area contributed by atoms with Gasteiger partial charge < -0.3 is 18.5 Å². The number of carbonyl (C=O) groups is 1. The summed E-state index contributed by atoms with van der Waals surface area (Å²) in [7, 11) is 0. The van der Waals surface area contributed by atoms with E-state index < -0.39 is 5.41 Å². The molecule has 0 aliphatic carbocycles. The average Bonchev–Trinajstić information content (AvgIpc) is 3.66. The Morgan fingerprint density at radius 1 is 0.756 bits per heavy atom. The molecule has 7 nitrogen and oxygen atoms in total. The molecule has 0 bridgehead atoms. The summed E-state index contributed by atoms with van der Waals surface area (Å²) < 4.78 is 19.9. The van der Waals surface area contributed by atoms with Gasteiger partial charge in [-0.2, -0.15) is 0 Å². The van der Waals surface area contributed by atoms with Crippen molar-refractivity contribution in [3.63, 3.8) is 0 Å². The van der Waals surface area contributed by atoms with Gasteiger partial charge in [-0.1, -0.05) is 76.2 Å². The molecular weight excluding hydrogens is 562 g/mol. The zero-order valence-electron chi connectivity index (χ0n) is 26.5. The highest BCUT2D eigenvalue weighted by Gasteiger charge is 2.36. The molecule has 230 valence electrons. The third-order valence-corrected chi connectivity index (χ3v) is 8.22. The van der Waals surface area contributed by atoms with E-state index in [2.05, 4.69) is 96.2 Å². The fourth-order valence-electron chi connectivity index (χ4n) is 6.13. The van der Waals surface area contributed by atoms with Gasteiger partial charge in [0.05, 0.1) is 16.4 Å². The largest absolute Gasteiger partial charge is 0.490 e. The molecule has 0 amide bonds. The van der Waals surface area contributed by atoms with Crippen molar-refractivity contribution in [2.75, 3.05) is 13.2 Å². The van der Waals surface area contributed by atoms with Gasteiger partial charge in [-0.3, -0.25) is 4.79 Å².